The van der Waals surface area contributed by atoms with Crippen molar-refractivity contribution in [3.63, 3.8) is 0 Å². The zero-order chi connectivity index (χ0) is 16.4. The van der Waals surface area contributed by atoms with Crippen molar-refractivity contribution in [3.05, 3.63) is 20.9 Å². The molecule has 0 heterocycles. The highest BCUT2D eigenvalue weighted by Crippen LogP contribution is 2.06. The van der Waals surface area contributed by atoms with Gasteiger partial charge in [0.05, 0.1) is 12.6 Å². The summed E-state index contributed by atoms with van der Waals surface area (Å²) in [4.78, 5) is 27.0. The zero-order valence-corrected chi connectivity index (χ0v) is 10.5. The van der Waals surface area contributed by atoms with Gasteiger partial charge in [0.1, 0.15) is 18.8 Å². The summed E-state index contributed by atoms with van der Waals surface area (Å²) in [5, 5.41) is 45.0. The largest absolute Gasteiger partial charge is 0.390 e. The number of aliphatic hydroxyl groups excluding tert-OH is 4. The Morgan fingerprint density at radius 1 is 1.05 bits per heavy atom. The highest BCUT2D eigenvalue weighted by Gasteiger charge is 2.34. The SMILES string of the molecule is [N-]=[N+]=NCC(=O)NC(=O)[C@H](O)[C@@H](O)[C@@H](O)[C@H](O)CN=[N+]=[N-]. The van der Waals surface area contributed by atoms with E-state index in [0.717, 1.165) is 0 Å². The Hall–Kier alpha value is -2.40. The molecule has 0 unspecified atom stereocenters. The molecule has 0 aliphatic rings. The van der Waals surface area contributed by atoms with Crippen LogP contribution in [0.15, 0.2) is 10.2 Å². The molecule has 5 N–H and O–H groups in total. The minimum absolute atomic E-state index is 0.598. The molecule has 0 aliphatic heterocycles. The zero-order valence-electron chi connectivity index (χ0n) is 10.5. The molecule has 0 radical (unpaired) electrons. The van der Waals surface area contributed by atoms with Gasteiger partial charge in [0.15, 0.2) is 6.10 Å². The Balaban J connectivity index is 4.56. The molecule has 0 aromatic carbocycles. The van der Waals surface area contributed by atoms with Crippen LogP contribution in [0, 0.1) is 0 Å². The maximum Gasteiger partial charge on any atom is 0.258 e. The van der Waals surface area contributed by atoms with Gasteiger partial charge in [0.25, 0.3) is 5.91 Å². The lowest BCUT2D eigenvalue weighted by atomic mass is 10.0. The minimum atomic E-state index is -2.24. The van der Waals surface area contributed by atoms with Crippen LogP contribution in [-0.2, 0) is 9.59 Å². The molecule has 21 heavy (non-hydrogen) atoms. The highest BCUT2D eigenvalue weighted by atomic mass is 16.4. The molecule has 0 fully saturated rings. The van der Waals surface area contributed by atoms with Crippen molar-refractivity contribution < 1.29 is 30.0 Å². The van der Waals surface area contributed by atoms with Crippen LogP contribution in [0.25, 0.3) is 20.9 Å². The lowest BCUT2D eigenvalue weighted by Gasteiger charge is -2.24. The second-order valence-corrected chi connectivity index (χ2v) is 3.71. The molecule has 0 spiro atoms. The molecule has 0 saturated heterocycles. The smallest absolute Gasteiger partial charge is 0.258 e. The van der Waals surface area contributed by atoms with Gasteiger partial charge >= 0.3 is 0 Å². The summed E-state index contributed by atoms with van der Waals surface area (Å²) in [6, 6.07) is 0. The molecule has 13 nitrogen and oxygen atoms in total. The van der Waals surface area contributed by atoms with Gasteiger partial charge in [-0.05, 0) is 11.1 Å². The Morgan fingerprint density at radius 2 is 1.62 bits per heavy atom. The van der Waals surface area contributed by atoms with E-state index in [1.807, 2.05) is 0 Å². The molecule has 0 aliphatic carbocycles. The number of hydrogen-bond donors (Lipinski definition) is 5. The number of imide groups is 1. The van der Waals surface area contributed by atoms with Crippen molar-refractivity contribution >= 4 is 11.8 Å². The van der Waals surface area contributed by atoms with Gasteiger partial charge in [-0.25, -0.2) is 0 Å². The number of nitrogens with zero attached hydrogens (tertiary/aromatic N) is 6. The fourth-order valence-corrected chi connectivity index (χ4v) is 1.14. The lowest BCUT2D eigenvalue weighted by Crippen LogP contribution is -2.52. The standard InChI is InChI=1S/C8H13N7O6/c9-14-11-1-3(16)5(18)6(19)7(20)8(21)13-4(17)2-12-15-10/h3,5-7,16,18-20H,1-2H2,(H,13,17,21)/t3-,5+,6+,7-/m1/s1. The van der Waals surface area contributed by atoms with Gasteiger partial charge in [0, 0.05) is 9.82 Å². The summed E-state index contributed by atoms with van der Waals surface area (Å²) < 4.78 is 0. The van der Waals surface area contributed by atoms with Gasteiger partial charge in [-0.2, -0.15) is 0 Å². The molecule has 0 bridgehead atoms. The number of amides is 2. The van der Waals surface area contributed by atoms with E-state index in [9.17, 15) is 30.0 Å². The summed E-state index contributed by atoms with van der Waals surface area (Å²) in [5.41, 5.74) is 16.0. The van der Waals surface area contributed by atoms with Crippen LogP contribution in [-0.4, -0.2) is 69.7 Å². The van der Waals surface area contributed by atoms with Gasteiger partial charge < -0.3 is 20.4 Å². The van der Waals surface area contributed by atoms with Crippen molar-refractivity contribution in [2.75, 3.05) is 13.1 Å². The summed E-state index contributed by atoms with van der Waals surface area (Å²) in [7, 11) is 0. The Kier molecular flexibility index (Phi) is 8.41. The van der Waals surface area contributed by atoms with E-state index >= 15 is 0 Å². The number of carbonyl (C=O) groups is 2. The van der Waals surface area contributed by atoms with Crippen LogP contribution in [0.3, 0.4) is 0 Å². The number of carbonyl (C=O) groups excluding carboxylic acids is 2. The maximum atomic E-state index is 11.3. The maximum absolute atomic E-state index is 11.3. The molecular weight excluding hydrogens is 290 g/mol. The fraction of sp³-hybridized carbons (Fsp3) is 0.750. The third-order valence-electron chi connectivity index (χ3n) is 2.21. The van der Waals surface area contributed by atoms with Crippen molar-refractivity contribution in [1.29, 1.82) is 0 Å². The predicted molar refractivity (Wildman–Crippen MR) is 65.2 cm³/mol. The van der Waals surface area contributed by atoms with Gasteiger partial charge in [-0.15, -0.1) is 0 Å². The van der Waals surface area contributed by atoms with Crippen molar-refractivity contribution in [3.8, 4) is 0 Å². The number of hydrogen-bond acceptors (Lipinski definition) is 8. The molecule has 4 atom stereocenters. The van der Waals surface area contributed by atoms with E-state index in [1.54, 1.807) is 5.32 Å². The first-order chi connectivity index (χ1) is 9.84. The number of aliphatic hydroxyl groups is 4. The van der Waals surface area contributed by atoms with Gasteiger partial charge in [-0.1, -0.05) is 10.2 Å². The van der Waals surface area contributed by atoms with E-state index in [4.69, 9.17) is 11.1 Å². The minimum Gasteiger partial charge on any atom is -0.390 e. The van der Waals surface area contributed by atoms with Crippen LogP contribution in [0.1, 0.15) is 0 Å². The molecular formula is C8H13N7O6. The van der Waals surface area contributed by atoms with Crippen molar-refractivity contribution in [2.45, 2.75) is 24.4 Å². The third-order valence-corrected chi connectivity index (χ3v) is 2.21. The molecule has 2 amide bonds. The van der Waals surface area contributed by atoms with E-state index in [0.29, 0.717) is 0 Å². The van der Waals surface area contributed by atoms with Gasteiger partial charge in [-0.3, -0.25) is 14.9 Å². The molecule has 0 rings (SSSR count). The van der Waals surface area contributed by atoms with Crippen LogP contribution in [0.2, 0.25) is 0 Å². The summed E-state index contributed by atoms with van der Waals surface area (Å²) in [5.74, 6) is -2.40. The normalized spacial score (nSPS) is 15.6. The van der Waals surface area contributed by atoms with E-state index < -0.39 is 49.3 Å². The predicted octanol–water partition coefficient (Wildman–Crippen LogP) is -2.31. The Morgan fingerprint density at radius 3 is 2.14 bits per heavy atom. The van der Waals surface area contributed by atoms with Crippen LogP contribution < -0.4 is 5.32 Å². The fourth-order valence-electron chi connectivity index (χ4n) is 1.14. The summed E-state index contributed by atoms with van der Waals surface area (Å²) in [6.45, 7) is -1.30. The van der Waals surface area contributed by atoms with E-state index in [1.165, 1.54) is 0 Å². The number of rotatable bonds is 8. The first-order valence-corrected chi connectivity index (χ1v) is 5.42. The second kappa shape index (κ2) is 9.50. The molecule has 116 valence electrons. The molecule has 13 heteroatoms. The Bertz CT molecular complexity index is 472. The Labute approximate surface area is 117 Å². The second-order valence-electron chi connectivity index (χ2n) is 3.71. The number of azide groups is 2. The number of nitrogens with one attached hydrogen (secondary N) is 1. The molecule has 0 aromatic rings. The van der Waals surface area contributed by atoms with Gasteiger partial charge in [0.2, 0.25) is 5.91 Å². The average molecular weight is 303 g/mol. The van der Waals surface area contributed by atoms with Crippen LogP contribution in [0.5, 0.6) is 0 Å². The quantitative estimate of drug-likeness (QED) is 0.188. The molecule has 0 saturated carbocycles. The van der Waals surface area contributed by atoms with Crippen LogP contribution in [0.4, 0.5) is 0 Å². The topological polar surface area (TPSA) is 225 Å². The van der Waals surface area contributed by atoms with E-state index in [-0.39, 0.29) is 0 Å². The lowest BCUT2D eigenvalue weighted by molar-refractivity contribution is -0.148. The summed E-state index contributed by atoms with van der Waals surface area (Å²) in [6.07, 6.45) is -8.10. The third kappa shape index (κ3) is 6.54. The average Bonchev–Trinajstić information content (AvgIpc) is 2.47. The van der Waals surface area contributed by atoms with Crippen molar-refractivity contribution in [1.82, 2.24) is 5.32 Å². The van der Waals surface area contributed by atoms with E-state index in [2.05, 4.69) is 20.1 Å². The first-order valence-electron chi connectivity index (χ1n) is 5.42. The van der Waals surface area contributed by atoms with Crippen molar-refractivity contribution in [2.24, 2.45) is 10.2 Å². The monoisotopic (exact) mass is 303 g/mol. The first kappa shape index (κ1) is 18.6. The summed E-state index contributed by atoms with van der Waals surface area (Å²) >= 11 is 0. The van der Waals surface area contributed by atoms with Crippen LogP contribution >= 0.6 is 0 Å². The molecule has 0 aromatic heterocycles. The highest BCUT2D eigenvalue weighted by molar-refractivity contribution is 5.98.